The summed E-state index contributed by atoms with van der Waals surface area (Å²) in [5, 5.41) is 9.11. The van der Waals surface area contributed by atoms with Gasteiger partial charge in [0.25, 0.3) is 0 Å². The summed E-state index contributed by atoms with van der Waals surface area (Å²) < 4.78 is 39.4. The van der Waals surface area contributed by atoms with Crippen LogP contribution in [-0.2, 0) is 4.79 Å². The summed E-state index contributed by atoms with van der Waals surface area (Å²) >= 11 is 0. The van der Waals surface area contributed by atoms with Crippen LogP contribution in [0.1, 0.15) is 19.4 Å². The van der Waals surface area contributed by atoms with E-state index >= 15 is 0 Å². The van der Waals surface area contributed by atoms with Gasteiger partial charge in [-0.25, -0.2) is 0 Å². The molecule has 0 amide bonds. The van der Waals surface area contributed by atoms with Crippen molar-refractivity contribution in [1.29, 1.82) is 5.26 Å². The number of carbonyl (C=O) groups is 1. The highest BCUT2D eigenvalue weighted by molar-refractivity contribution is 6.04. The SMILES string of the molecule is COc1cc(/C=C(\C#N)C(=O)C(C)C)cc(OC)c1OC(F)F. The smallest absolute Gasteiger partial charge is 0.387 e. The maximum atomic E-state index is 12.5. The average Bonchev–Trinajstić information content (AvgIpc) is 2.51. The Hall–Kier alpha value is -2.62. The maximum Gasteiger partial charge on any atom is 0.387 e. The zero-order valence-corrected chi connectivity index (χ0v) is 13.2. The number of nitriles is 1. The Morgan fingerprint density at radius 3 is 2.09 bits per heavy atom. The third-order valence-corrected chi connectivity index (χ3v) is 2.91. The molecule has 0 N–H and O–H groups in total. The van der Waals surface area contributed by atoms with E-state index in [1.54, 1.807) is 13.8 Å². The van der Waals surface area contributed by atoms with Crippen LogP contribution < -0.4 is 14.2 Å². The zero-order chi connectivity index (χ0) is 17.6. The number of benzene rings is 1. The van der Waals surface area contributed by atoms with Crippen LogP contribution in [0.5, 0.6) is 17.2 Å². The van der Waals surface area contributed by atoms with Crippen molar-refractivity contribution in [2.24, 2.45) is 5.92 Å². The van der Waals surface area contributed by atoms with E-state index in [4.69, 9.17) is 14.7 Å². The lowest BCUT2D eigenvalue weighted by Crippen LogP contribution is -2.09. The number of Topliss-reactive ketones (excluding diaryl/α,β-unsaturated/α-hetero) is 1. The molecule has 0 fully saturated rings. The molecule has 0 aliphatic heterocycles. The van der Waals surface area contributed by atoms with Gasteiger partial charge in [0.1, 0.15) is 6.07 Å². The molecule has 23 heavy (non-hydrogen) atoms. The maximum absolute atomic E-state index is 12.5. The first-order chi connectivity index (χ1) is 10.8. The van der Waals surface area contributed by atoms with Gasteiger partial charge in [-0.15, -0.1) is 0 Å². The molecule has 0 bridgehead atoms. The molecular weight excluding hydrogens is 308 g/mol. The normalized spacial score (nSPS) is 11.3. The monoisotopic (exact) mass is 325 g/mol. The van der Waals surface area contributed by atoms with E-state index in [0.29, 0.717) is 5.56 Å². The van der Waals surface area contributed by atoms with Crippen molar-refractivity contribution in [3.05, 3.63) is 23.3 Å². The number of allylic oxidation sites excluding steroid dienone is 1. The second-order valence-electron chi connectivity index (χ2n) is 4.82. The number of hydrogen-bond donors (Lipinski definition) is 0. The van der Waals surface area contributed by atoms with Crippen LogP contribution in [0.3, 0.4) is 0 Å². The largest absolute Gasteiger partial charge is 0.493 e. The number of halogens is 2. The van der Waals surface area contributed by atoms with Gasteiger partial charge in [-0.3, -0.25) is 4.79 Å². The van der Waals surface area contributed by atoms with Gasteiger partial charge in [-0.05, 0) is 23.8 Å². The van der Waals surface area contributed by atoms with Crippen LogP contribution in [-0.4, -0.2) is 26.6 Å². The molecule has 124 valence electrons. The van der Waals surface area contributed by atoms with Crippen LogP contribution in [0, 0.1) is 17.2 Å². The molecule has 7 heteroatoms. The molecule has 1 rings (SSSR count). The Balaban J connectivity index is 3.39. The van der Waals surface area contributed by atoms with Gasteiger partial charge >= 0.3 is 6.61 Å². The van der Waals surface area contributed by atoms with Crippen LogP contribution in [0.25, 0.3) is 6.08 Å². The number of carbonyl (C=O) groups excluding carboxylic acids is 1. The van der Waals surface area contributed by atoms with E-state index in [9.17, 15) is 13.6 Å². The van der Waals surface area contributed by atoms with Gasteiger partial charge in [-0.2, -0.15) is 14.0 Å². The molecule has 0 heterocycles. The van der Waals surface area contributed by atoms with Crippen molar-refractivity contribution in [2.45, 2.75) is 20.5 Å². The van der Waals surface area contributed by atoms with Crippen molar-refractivity contribution in [1.82, 2.24) is 0 Å². The van der Waals surface area contributed by atoms with Gasteiger partial charge in [0.05, 0.1) is 19.8 Å². The minimum Gasteiger partial charge on any atom is -0.493 e. The quantitative estimate of drug-likeness (QED) is 0.567. The number of ketones is 1. The van der Waals surface area contributed by atoms with Crippen molar-refractivity contribution >= 4 is 11.9 Å². The van der Waals surface area contributed by atoms with E-state index in [1.165, 1.54) is 32.4 Å². The summed E-state index contributed by atoms with van der Waals surface area (Å²) in [6.07, 6.45) is 1.35. The van der Waals surface area contributed by atoms with Crippen molar-refractivity contribution in [3.63, 3.8) is 0 Å². The molecule has 1 aromatic carbocycles. The van der Waals surface area contributed by atoms with Crippen LogP contribution in [0.2, 0.25) is 0 Å². The fraction of sp³-hybridized carbons (Fsp3) is 0.375. The number of methoxy groups -OCH3 is 2. The van der Waals surface area contributed by atoms with Gasteiger partial charge in [0.15, 0.2) is 17.3 Å². The Bertz CT molecular complexity index is 623. The van der Waals surface area contributed by atoms with Gasteiger partial charge in [0, 0.05) is 5.92 Å². The van der Waals surface area contributed by atoms with Crippen LogP contribution in [0.15, 0.2) is 17.7 Å². The molecule has 0 atom stereocenters. The molecule has 0 unspecified atom stereocenters. The molecule has 0 spiro atoms. The topological polar surface area (TPSA) is 68.5 Å². The predicted molar refractivity (Wildman–Crippen MR) is 79.6 cm³/mol. The minimum atomic E-state index is -3.05. The molecule has 5 nitrogen and oxygen atoms in total. The molecule has 0 aliphatic rings. The van der Waals surface area contributed by atoms with E-state index in [-0.39, 0.29) is 34.5 Å². The fourth-order valence-electron chi connectivity index (χ4n) is 1.82. The van der Waals surface area contributed by atoms with Crippen LogP contribution in [0.4, 0.5) is 8.78 Å². The third-order valence-electron chi connectivity index (χ3n) is 2.91. The molecule has 0 saturated carbocycles. The molecule has 0 radical (unpaired) electrons. The standard InChI is InChI=1S/C16H17F2NO4/c1-9(2)14(20)11(8-19)5-10-6-12(21-3)15(23-16(17)18)13(7-10)22-4/h5-7,9,16H,1-4H3/b11-5+. The molecule has 0 aliphatic carbocycles. The lowest BCUT2D eigenvalue weighted by atomic mass is 9.99. The number of alkyl halides is 2. The average molecular weight is 325 g/mol. The number of hydrogen-bond acceptors (Lipinski definition) is 5. The first kappa shape index (κ1) is 18.4. The van der Waals surface area contributed by atoms with Gasteiger partial charge in [0.2, 0.25) is 5.75 Å². The van der Waals surface area contributed by atoms with Crippen LogP contribution >= 0.6 is 0 Å². The zero-order valence-electron chi connectivity index (χ0n) is 13.2. The number of ether oxygens (including phenoxy) is 3. The van der Waals surface area contributed by atoms with Crippen molar-refractivity contribution in [2.75, 3.05) is 14.2 Å². The predicted octanol–water partition coefficient (Wildman–Crippen LogP) is 3.44. The minimum absolute atomic E-state index is 0.00480. The third kappa shape index (κ3) is 4.68. The van der Waals surface area contributed by atoms with Crippen molar-refractivity contribution < 1.29 is 27.8 Å². The first-order valence-electron chi connectivity index (χ1n) is 6.70. The summed E-state index contributed by atoms with van der Waals surface area (Å²) in [5.74, 6) is -0.907. The summed E-state index contributed by atoms with van der Waals surface area (Å²) in [6.45, 7) is 0.305. The molecule has 1 aromatic rings. The Morgan fingerprint density at radius 1 is 1.22 bits per heavy atom. The highest BCUT2D eigenvalue weighted by atomic mass is 19.3. The van der Waals surface area contributed by atoms with E-state index < -0.39 is 6.61 Å². The molecule has 0 aromatic heterocycles. The Morgan fingerprint density at radius 2 is 1.74 bits per heavy atom. The van der Waals surface area contributed by atoms with E-state index in [1.807, 2.05) is 6.07 Å². The summed E-state index contributed by atoms with van der Waals surface area (Å²) in [6, 6.07) is 4.59. The summed E-state index contributed by atoms with van der Waals surface area (Å²) in [5.41, 5.74) is 0.345. The first-order valence-corrected chi connectivity index (χ1v) is 6.70. The summed E-state index contributed by atoms with van der Waals surface area (Å²) in [7, 11) is 2.57. The Labute approximate surface area is 133 Å². The van der Waals surface area contributed by atoms with Crippen molar-refractivity contribution in [3.8, 4) is 23.3 Å². The van der Waals surface area contributed by atoms with Gasteiger partial charge < -0.3 is 14.2 Å². The fourth-order valence-corrected chi connectivity index (χ4v) is 1.82. The van der Waals surface area contributed by atoms with E-state index in [0.717, 1.165) is 0 Å². The lowest BCUT2D eigenvalue weighted by Gasteiger charge is -2.14. The second-order valence-corrected chi connectivity index (χ2v) is 4.82. The molecule has 0 saturated heterocycles. The number of nitrogens with zero attached hydrogens (tertiary/aromatic N) is 1. The number of rotatable bonds is 7. The Kier molecular flexibility index (Phi) is 6.51. The highest BCUT2D eigenvalue weighted by Gasteiger charge is 2.19. The highest BCUT2D eigenvalue weighted by Crippen LogP contribution is 2.40. The summed E-state index contributed by atoms with van der Waals surface area (Å²) in [4.78, 5) is 11.9. The molecular formula is C16H17F2NO4. The lowest BCUT2D eigenvalue weighted by molar-refractivity contribution is -0.117. The second kappa shape index (κ2) is 8.13. The van der Waals surface area contributed by atoms with E-state index in [2.05, 4.69) is 4.74 Å². The van der Waals surface area contributed by atoms with Gasteiger partial charge in [-0.1, -0.05) is 13.8 Å².